The van der Waals surface area contributed by atoms with Crippen LogP contribution in [-0.4, -0.2) is 31.1 Å². The number of carboxylic acids is 1. The van der Waals surface area contributed by atoms with Gasteiger partial charge in [-0.05, 0) is 19.1 Å². The molecular formula is C12H12N2O5S2. The summed E-state index contributed by atoms with van der Waals surface area (Å²) in [4.78, 5) is 14.5. The lowest BCUT2D eigenvalue weighted by atomic mass is 10.3. The molecule has 112 valence electrons. The molecule has 0 aliphatic rings. The molecule has 0 amide bonds. The molecular weight excluding hydrogens is 316 g/mol. The average molecular weight is 328 g/mol. The number of sulfonamides is 1. The molecule has 2 aromatic rings. The van der Waals surface area contributed by atoms with Crippen molar-refractivity contribution in [1.82, 2.24) is 4.98 Å². The molecule has 2 N–H and O–H groups in total. The summed E-state index contributed by atoms with van der Waals surface area (Å²) >= 11 is 0.740. The molecule has 0 aliphatic carbocycles. The number of carbonyl (C=O) groups is 1. The Labute approximate surface area is 125 Å². The number of nitrogens with one attached hydrogen (secondary N) is 1. The molecule has 9 heteroatoms. The lowest BCUT2D eigenvalue weighted by Crippen LogP contribution is -2.16. The summed E-state index contributed by atoms with van der Waals surface area (Å²) in [5, 5.41) is 8.95. The summed E-state index contributed by atoms with van der Waals surface area (Å²) < 4.78 is 31.9. The Balaban J connectivity index is 2.38. The van der Waals surface area contributed by atoms with Crippen molar-refractivity contribution >= 4 is 33.0 Å². The van der Waals surface area contributed by atoms with Crippen LogP contribution in [0.15, 0.2) is 34.0 Å². The summed E-state index contributed by atoms with van der Waals surface area (Å²) in [6, 6.07) is 6.50. The van der Waals surface area contributed by atoms with Crippen molar-refractivity contribution < 1.29 is 23.1 Å². The molecule has 2 rings (SSSR count). The number of ether oxygens (including phenoxy) is 1. The first-order chi connectivity index (χ1) is 9.95. The zero-order valence-corrected chi connectivity index (χ0v) is 12.6. The van der Waals surface area contributed by atoms with Gasteiger partial charge in [0.25, 0.3) is 10.0 Å². The van der Waals surface area contributed by atoms with Gasteiger partial charge >= 0.3 is 5.97 Å². The molecule has 1 aromatic carbocycles. The van der Waals surface area contributed by atoms with Crippen molar-refractivity contribution in [3.63, 3.8) is 0 Å². The molecule has 0 radical (unpaired) electrons. The van der Waals surface area contributed by atoms with Crippen LogP contribution in [0.4, 0.5) is 5.69 Å². The summed E-state index contributed by atoms with van der Waals surface area (Å²) in [7, 11) is -4.04. The van der Waals surface area contributed by atoms with Gasteiger partial charge in [0.2, 0.25) is 0 Å². The molecule has 21 heavy (non-hydrogen) atoms. The van der Waals surface area contributed by atoms with Gasteiger partial charge in [-0.3, -0.25) is 4.72 Å². The van der Waals surface area contributed by atoms with E-state index in [1.54, 1.807) is 25.1 Å². The van der Waals surface area contributed by atoms with E-state index in [0.29, 0.717) is 12.4 Å². The topological polar surface area (TPSA) is 106 Å². The summed E-state index contributed by atoms with van der Waals surface area (Å²) in [5.74, 6) is -1.03. The third-order valence-electron chi connectivity index (χ3n) is 2.41. The third-order valence-corrected chi connectivity index (χ3v) is 5.15. The second kappa shape index (κ2) is 6.10. The Bertz CT molecular complexity index is 755. The Kier molecular flexibility index (Phi) is 4.43. The molecule has 0 unspecified atom stereocenters. The van der Waals surface area contributed by atoms with Gasteiger partial charge in [-0.2, -0.15) is 0 Å². The predicted molar refractivity (Wildman–Crippen MR) is 77.5 cm³/mol. The maximum absolute atomic E-state index is 12.3. The van der Waals surface area contributed by atoms with Crippen LogP contribution in [0.1, 0.15) is 17.4 Å². The summed E-state index contributed by atoms with van der Waals surface area (Å²) in [6.45, 7) is 2.15. The van der Waals surface area contributed by atoms with Crippen molar-refractivity contribution in [3.8, 4) is 5.75 Å². The smallest absolute Gasteiger partial charge is 0.356 e. The fourth-order valence-electron chi connectivity index (χ4n) is 1.59. The fraction of sp³-hybridized carbons (Fsp3) is 0.167. The number of benzene rings is 1. The van der Waals surface area contributed by atoms with Gasteiger partial charge in [0.15, 0.2) is 9.90 Å². The second-order valence-corrected chi connectivity index (χ2v) is 6.56. The Hall–Kier alpha value is -2.13. The molecule has 0 saturated carbocycles. The van der Waals surface area contributed by atoms with Gasteiger partial charge in [-0.1, -0.05) is 12.1 Å². The minimum Gasteiger partial charge on any atom is -0.492 e. The number of rotatable bonds is 6. The number of para-hydroxylation sites is 2. The number of carboxylic acid groups (broad SMARTS) is 1. The molecule has 0 spiro atoms. The zero-order chi connectivity index (χ0) is 15.5. The number of aromatic carboxylic acids is 1. The van der Waals surface area contributed by atoms with Crippen LogP contribution >= 0.6 is 11.3 Å². The van der Waals surface area contributed by atoms with E-state index in [1.165, 1.54) is 11.6 Å². The van der Waals surface area contributed by atoms with E-state index >= 15 is 0 Å². The van der Waals surface area contributed by atoms with Crippen LogP contribution in [-0.2, 0) is 10.0 Å². The highest BCUT2D eigenvalue weighted by molar-refractivity contribution is 7.94. The normalized spacial score (nSPS) is 11.1. The SMILES string of the molecule is CCOc1ccccc1NS(=O)(=O)c1scnc1C(=O)O. The molecule has 0 saturated heterocycles. The van der Waals surface area contributed by atoms with Crippen LogP contribution in [0, 0.1) is 0 Å². The Morgan fingerprint density at radius 3 is 2.81 bits per heavy atom. The van der Waals surface area contributed by atoms with Crippen molar-refractivity contribution in [1.29, 1.82) is 0 Å². The predicted octanol–water partition coefficient (Wildman–Crippen LogP) is 2.04. The molecule has 1 aromatic heterocycles. The van der Waals surface area contributed by atoms with E-state index in [2.05, 4.69) is 9.71 Å². The highest BCUT2D eigenvalue weighted by Gasteiger charge is 2.26. The van der Waals surface area contributed by atoms with Crippen molar-refractivity contribution in [2.45, 2.75) is 11.1 Å². The van der Waals surface area contributed by atoms with Crippen LogP contribution < -0.4 is 9.46 Å². The van der Waals surface area contributed by atoms with Gasteiger partial charge in [0, 0.05) is 0 Å². The van der Waals surface area contributed by atoms with Gasteiger partial charge in [0.05, 0.1) is 17.8 Å². The van der Waals surface area contributed by atoms with Crippen LogP contribution in [0.25, 0.3) is 0 Å². The molecule has 0 bridgehead atoms. The number of hydrogen-bond acceptors (Lipinski definition) is 6. The monoisotopic (exact) mass is 328 g/mol. The molecule has 0 fully saturated rings. The number of hydrogen-bond donors (Lipinski definition) is 2. The van der Waals surface area contributed by atoms with E-state index in [1.807, 2.05) is 0 Å². The van der Waals surface area contributed by atoms with Gasteiger partial charge in [-0.15, -0.1) is 11.3 Å². The van der Waals surface area contributed by atoms with E-state index < -0.39 is 21.7 Å². The van der Waals surface area contributed by atoms with Crippen molar-refractivity contribution in [2.24, 2.45) is 0 Å². The number of nitrogens with zero attached hydrogens (tertiary/aromatic N) is 1. The minimum atomic E-state index is -4.04. The Morgan fingerprint density at radius 1 is 1.43 bits per heavy atom. The number of aromatic nitrogens is 1. The van der Waals surface area contributed by atoms with E-state index in [9.17, 15) is 13.2 Å². The highest BCUT2D eigenvalue weighted by Crippen LogP contribution is 2.28. The quantitative estimate of drug-likeness (QED) is 0.840. The first-order valence-corrected chi connectivity index (χ1v) is 8.23. The zero-order valence-electron chi connectivity index (χ0n) is 10.9. The standard InChI is InChI=1S/C12H12N2O5S2/c1-2-19-9-6-4-3-5-8(9)14-21(17,18)12-10(11(15)16)13-7-20-12/h3-7,14H,2H2,1H3,(H,15,16). The summed E-state index contributed by atoms with van der Waals surface area (Å²) in [6.07, 6.45) is 0. The summed E-state index contributed by atoms with van der Waals surface area (Å²) in [5.41, 5.74) is 0.914. The minimum absolute atomic E-state index is 0.240. The van der Waals surface area contributed by atoms with E-state index in [-0.39, 0.29) is 9.90 Å². The van der Waals surface area contributed by atoms with Crippen LogP contribution in [0.2, 0.25) is 0 Å². The molecule has 0 atom stereocenters. The third kappa shape index (κ3) is 3.31. The largest absolute Gasteiger partial charge is 0.492 e. The van der Waals surface area contributed by atoms with E-state index in [4.69, 9.17) is 9.84 Å². The average Bonchev–Trinajstić information content (AvgIpc) is 2.91. The number of anilines is 1. The first kappa shape index (κ1) is 15.3. The van der Waals surface area contributed by atoms with Crippen molar-refractivity contribution in [2.75, 3.05) is 11.3 Å². The van der Waals surface area contributed by atoms with Gasteiger partial charge < -0.3 is 9.84 Å². The number of thiazole rings is 1. The Morgan fingerprint density at radius 2 is 2.14 bits per heavy atom. The molecule has 7 nitrogen and oxygen atoms in total. The van der Waals surface area contributed by atoms with Gasteiger partial charge in [0.1, 0.15) is 5.75 Å². The lowest BCUT2D eigenvalue weighted by Gasteiger charge is -2.11. The van der Waals surface area contributed by atoms with Crippen molar-refractivity contribution in [3.05, 3.63) is 35.5 Å². The lowest BCUT2D eigenvalue weighted by molar-refractivity contribution is 0.0687. The molecule has 1 heterocycles. The fourth-order valence-corrected chi connectivity index (χ4v) is 3.80. The maximum Gasteiger partial charge on any atom is 0.356 e. The van der Waals surface area contributed by atoms with Gasteiger partial charge in [-0.25, -0.2) is 18.2 Å². The van der Waals surface area contributed by atoms with Crippen LogP contribution in [0.5, 0.6) is 5.75 Å². The first-order valence-electron chi connectivity index (χ1n) is 5.87. The van der Waals surface area contributed by atoms with E-state index in [0.717, 1.165) is 11.3 Å². The van der Waals surface area contributed by atoms with Crippen LogP contribution in [0.3, 0.4) is 0 Å². The highest BCUT2D eigenvalue weighted by atomic mass is 32.2. The second-order valence-electron chi connectivity index (χ2n) is 3.83. The maximum atomic E-state index is 12.3. The molecule has 0 aliphatic heterocycles.